The number of hydrogen-bond donors (Lipinski definition) is 1. The van der Waals surface area contributed by atoms with E-state index in [4.69, 9.17) is 4.74 Å². The number of halogens is 3. The summed E-state index contributed by atoms with van der Waals surface area (Å²) in [6.07, 6.45) is 0.919. The Bertz CT molecular complexity index is 1350. The highest BCUT2D eigenvalue weighted by molar-refractivity contribution is 5.96. The number of benzene rings is 2. The van der Waals surface area contributed by atoms with Crippen LogP contribution in [0.2, 0.25) is 0 Å². The van der Waals surface area contributed by atoms with Gasteiger partial charge in [0.25, 0.3) is 11.8 Å². The lowest BCUT2D eigenvalue weighted by Gasteiger charge is -2.42. The van der Waals surface area contributed by atoms with Crippen LogP contribution in [-0.4, -0.2) is 67.6 Å². The molecular formula is C30H36F3N3O3. The minimum absolute atomic E-state index is 0.132. The van der Waals surface area contributed by atoms with Crippen LogP contribution in [0.3, 0.4) is 0 Å². The van der Waals surface area contributed by atoms with Crippen molar-refractivity contribution in [1.82, 2.24) is 15.1 Å². The third-order valence-corrected chi connectivity index (χ3v) is 7.57. The molecule has 1 N–H and O–H groups in total. The van der Waals surface area contributed by atoms with Crippen LogP contribution in [0.15, 0.2) is 30.3 Å². The minimum atomic E-state index is -4.43. The van der Waals surface area contributed by atoms with Gasteiger partial charge >= 0.3 is 6.18 Å². The normalized spacial score (nSPS) is 17.5. The Labute approximate surface area is 227 Å². The van der Waals surface area contributed by atoms with Gasteiger partial charge in [0.2, 0.25) is 0 Å². The van der Waals surface area contributed by atoms with E-state index in [1.165, 1.54) is 12.1 Å². The number of aryl methyl sites for hydroxylation is 2. The van der Waals surface area contributed by atoms with Crippen LogP contribution in [0.5, 0.6) is 0 Å². The van der Waals surface area contributed by atoms with Crippen LogP contribution in [0.4, 0.5) is 13.2 Å². The Hall–Kier alpha value is -3.33. The van der Waals surface area contributed by atoms with Crippen molar-refractivity contribution in [3.8, 4) is 0 Å². The third-order valence-electron chi connectivity index (χ3n) is 7.57. The first kappa shape index (κ1) is 28.7. The van der Waals surface area contributed by atoms with Crippen molar-refractivity contribution < 1.29 is 27.5 Å². The molecule has 4 rings (SSSR count). The second-order valence-corrected chi connectivity index (χ2v) is 10.5. The summed E-state index contributed by atoms with van der Waals surface area (Å²) in [6.45, 7) is 8.48. The average Bonchev–Trinajstić information content (AvgIpc) is 3.02. The summed E-state index contributed by atoms with van der Waals surface area (Å²) in [5.41, 5.74) is 1.29. The number of methoxy groups -OCH3 is 1. The number of likely N-dealkylation sites (tertiary alicyclic amines) is 1. The zero-order chi connectivity index (χ0) is 28.3. The van der Waals surface area contributed by atoms with Gasteiger partial charge in [-0.05, 0) is 72.5 Å². The molecule has 2 heterocycles. The maximum absolute atomic E-state index is 13.2. The number of carbonyl (C=O) groups is 2. The monoisotopic (exact) mass is 543 g/mol. The Morgan fingerprint density at radius 1 is 1.13 bits per heavy atom. The van der Waals surface area contributed by atoms with Crippen LogP contribution >= 0.6 is 0 Å². The van der Waals surface area contributed by atoms with Crippen molar-refractivity contribution in [2.75, 3.05) is 39.9 Å². The molecule has 6 nitrogen and oxygen atoms in total. The Balaban J connectivity index is 1.45. The van der Waals surface area contributed by atoms with Crippen molar-refractivity contribution in [1.29, 1.82) is 0 Å². The van der Waals surface area contributed by atoms with E-state index in [9.17, 15) is 22.8 Å². The maximum atomic E-state index is 13.2. The van der Waals surface area contributed by atoms with Crippen molar-refractivity contribution >= 4 is 24.1 Å². The maximum Gasteiger partial charge on any atom is 0.416 e. The van der Waals surface area contributed by atoms with E-state index in [0.29, 0.717) is 37.4 Å². The first-order chi connectivity index (χ1) is 18.5. The second-order valence-electron chi connectivity index (χ2n) is 10.5. The smallest absolute Gasteiger partial charge is 0.383 e. The lowest BCUT2D eigenvalue weighted by Crippen LogP contribution is -2.54. The molecule has 1 fully saturated rings. The zero-order valence-corrected chi connectivity index (χ0v) is 22.9. The van der Waals surface area contributed by atoms with Crippen LogP contribution in [0.1, 0.15) is 57.7 Å². The van der Waals surface area contributed by atoms with Gasteiger partial charge < -0.3 is 19.9 Å². The van der Waals surface area contributed by atoms with E-state index in [1.807, 2.05) is 19.1 Å². The van der Waals surface area contributed by atoms with Gasteiger partial charge in [0.15, 0.2) is 0 Å². The second kappa shape index (κ2) is 11.8. The fourth-order valence-electron chi connectivity index (χ4n) is 5.24. The zero-order valence-electron chi connectivity index (χ0n) is 22.9. The molecule has 1 unspecified atom stereocenters. The molecule has 2 aliphatic rings. The molecule has 2 amide bonds. The number of ether oxygens (including phenoxy) is 1. The molecule has 2 aromatic carbocycles. The summed E-state index contributed by atoms with van der Waals surface area (Å²) in [7, 11) is 1.59. The number of fused-ring (bicyclic) bond motifs is 1. The van der Waals surface area contributed by atoms with E-state index < -0.39 is 11.7 Å². The molecular weight excluding hydrogens is 507 g/mol. The van der Waals surface area contributed by atoms with Crippen LogP contribution in [0.25, 0.3) is 12.3 Å². The van der Waals surface area contributed by atoms with Gasteiger partial charge in [0.1, 0.15) is 0 Å². The highest BCUT2D eigenvalue weighted by Crippen LogP contribution is 2.33. The topological polar surface area (TPSA) is 61.9 Å². The van der Waals surface area contributed by atoms with Crippen molar-refractivity contribution in [2.24, 2.45) is 5.92 Å². The molecule has 9 heteroatoms. The van der Waals surface area contributed by atoms with Crippen molar-refractivity contribution in [3.05, 3.63) is 68.6 Å². The van der Waals surface area contributed by atoms with Gasteiger partial charge in [-0.3, -0.25) is 9.59 Å². The molecule has 2 aliphatic heterocycles. The number of nitrogens with one attached hydrogen (secondary N) is 1. The van der Waals surface area contributed by atoms with Crippen molar-refractivity contribution in [3.63, 3.8) is 0 Å². The van der Waals surface area contributed by atoms with E-state index in [1.54, 1.807) is 18.9 Å². The predicted molar refractivity (Wildman–Crippen MR) is 145 cm³/mol. The molecule has 0 aliphatic carbocycles. The SMILES string of the molecule is CCc1cc(C(=O)N2CC(CN3C=c4cc(C(=O)NCCOC)c(C)cc4=CCC3C)C2)ccc1C(F)(F)F. The summed E-state index contributed by atoms with van der Waals surface area (Å²) in [6, 6.07) is 7.88. The highest BCUT2D eigenvalue weighted by atomic mass is 19.4. The Kier molecular flexibility index (Phi) is 8.69. The molecule has 2 aromatic rings. The van der Waals surface area contributed by atoms with Gasteiger partial charge in [-0.1, -0.05) is 19.1 Å². The summed E-state index contributed by atoms with van der Waals surface area (Å²) < 4.78 is 44.8. The number of nitrogens with zero attached hydrogens (tertiary/aromatic N) is 2. The van der Waals surface area contributed by atoms with Gasteiger partial charge in [-0.15, -0.1) is 0 Å². The predicted octanol–water partition coefficient (Wildman–Crippen LogP) is 3.34. The van der Waals surface area contributed by atoms with Crippen LogP contribution in [0, 0.1) is 12.8 Å². The van der Waals surface area contributed by atoms with E-state index in [0.717, 1.165) is 35.0 Å². The molecule has 0 bridgehead atoms. The molecule has 1 atom stereocenters. The Morgan fingerprint density at radius 3 is 2.54 bits per heavy atom. The summed E-state index contributed by atoms with van der Waals surface area (Å²) in [4.78, 5) is 29.7. The molecule has 1 saturated heterocycles. The fraction of sp³-hybridized carbons (Fsp3) is 0.467. The fourth-order valence-corrected chi connectivity index (χ4v) is 5.24. The molecule has 39 heavy (non-hydrogen) atoms. The number of amides is 2. The highest BCUT2D eigenvalue weighted by Gasteiger charge is 2.35. The number of alkyl halides is 3. The standard InChI is InChI=1S/C30H36F3N3O3/c1-5-22-13-24(8-9-27(22)30(31,32)33)29(38)36-16-21(17-36)15-35-18-25-14-26(28(37)34-10-11-39-4)19(2)12-23(25)7-6-20(35)3/h7-9,12-14,18,20-21H,5-6,10-11,15-17H2,1-4H3,(H,34,37). The third kappa shape index (κ3) is 6.46. The quantitative estimate of drug-likeness (QED) is 0.519. The minimum Gasteiger partial charge on any atom is -0.383 e. The van der Waals surface area contributed by atoms with Gasteiger partial charge in [-0.2, -0.15) is 13.2 Å². The van der Waals surface area contributed by atoms with E-state index >= 15 is 0 Å². The van der Waals surface area contributed by atoms with E-state index in [-0.39, 0.29) is 35.8 Å². The molecule has 0 saturated carbocycles. The Morgan fingerprint density at radius 2 is 1.87 bits per heavy atom. The number of hydrogen-bond acceptors (Lipinski definition) is 4. The molecule has 0 aromatic heterocycles. The van der Waals surface area contributed by atoms with Gasteiger partial charge in [-0.25, -0.2) is 0 Å². The number of carbonyl (C=O) groups excluding carboxylic acids is 2. The first-order valence-electron chi connectivity index (χ1n) is 13.4. The number of rotatable bonds is 8. The lowest BCUT2D eigenvalue weighted by atomic mass is 9.95. The van der Waals surface area contributed by atoms with E-state index in [2.05, 4.69) is 29.4 Å². The molecule has 210 valence electrons. The first-order valence-corrected chi connectivity index (χ1v) is 13.4. The summed E-state index contributed by atoms with van der Waals surface area (Å²) >= 11 is 0. The van der Waals surface area contributed by atoms with Crippen LogP contribution < -0.4 is 15.8 Å². The van der Waals surface area contributed by atoms with Crippen LogP contribution in [-0.2, 0) is 17.3 Å². The van der Waals surface area contributed by atoms with Crippen molar-refractivity contribution in [2.45, 2.75) is 45.8 Å². The largest absolute Gasteiger partial charge is 0.416 e. The molecule has 0 spiro atoms. The van der Waals surface area contributed by atoms with Gasteiger partial charge in [0.05, 0.1) is 12.2 Å². The summed E-state index contributed by atoms with van der Waals surface area (Å²) in [5.74, 6) is -0.121. The molecule has 0 radical (unpaired) electrons. The average molecular weight is 544 g/mol. The lowest BCUT2D eigenvalue weighted by molar-refractivity contribution is -0.138. The summed E-state index contributed by atoms with van der Waals surface area (Å²) in [5, 5.41) is 4.96. The van der Waals surface area contributed by atoms with Gasteiger partial charge in [0, 0.05) is 62.6 Å².